The topological polar surface area (TPSA) is 101 Å². The van der Waals surface area contributed by atoms with Crippen LogP contribution in [-0.2, 0) is 4.74 Å². The Balaban J connectivity index is 1.63. The van der Waals surface area contributed by atoms with Gasteiger partial charge in [-0.3, -0.25) is 4.79 Å². The van der Waals surface area contributed by atoms with Gasteiger partial charge in [-0.25, -0.2) is 10.2 Å². The Kier molecular flexibility index (Phi) is 5.86. The van der Waals surface area contributed by atoms with Gasteiger partial charge in [0, 0.05) is 11.1 Å². The van der Waals surface area contributed by atoms with Crippen molar-refractivity contribution < 1.29 is 23.8 Å². The van der Waals surface area contributed by atoms with E-state index in [1.165, 1.54) is 18.3 Å². The van der Waals surface area contributed by atoms with Gasteiger partial charge in [0.25, 0.3) is 5.91 Å². The zero-order valence-corrected chi connectivity index (χ0v) is 15.1. The van der Waals surface area contributed by atoms with Gasteiger partial charge in [-0.15, -0.1) is 0 Å². The van der Waals surface area contributed by atoms with Crippen molar-refractivity contribution in [2.45, 2.75) is 6.92 Å². The Bertz CT molecular complexity index is 1010. The van der Waals surface area contributed by atoms with Crippen molar-refractivity contribution in [1.29, 1.82) is 0 Å². The fourth-order valence-electron chi connectivity index (χ4n) is 2.43. The van der Waals surface area contributed by atoms with Gasteiger partial charge in [-0.05, 0) is 49.4 Å². The molecule has 0 aliphatic heterocycles. The lowest BCUT2D eigenvalue weighted by Crippen LogP contribution is -2.17. The molecule has 0 saturated heterocycles. The number of furan rings is 1. The lowest BCUT2D eigenvalue weighted by Gasteiger charge is -2.02. The molecule has 1 aromatic heterocycles. The molecule has 1 amide bonds. The number of hydrogen-bond donors (Lipinski definition) is 2. The summed E-state index contributed by atoms with van der Waals surface area (Å²) in [5.41, 5.74) is 3.91. The maximum Gasteiger partial charge on any atom is 0.338 e. The van der Waals surface area contributed by atoms with Crippen LogP contribution in [0.25, 0.3) is 11.3 Å². The molecule has 7 heteroatoms. The van der Waals surface area contributed by atoms with E-state index < -0.39 is 5.91 Å². The van der Waals surface area contributed by atoms with Crippen LogP contribution >= 0.6 is 0 Å². The van der Waals surface area contributed by atoms with Gasteiger partial charge in [-0.2, -0.15) is 5.10 Å². The number of phenolic OH excluding ortho intramolecular Hbond substituents is 1. The van der Waals surface area contributed by atoms with Crippen molar-refractivity contribution in [2.75, 3.05) is 6.61 Å². The van der Waals surface area contributed by atoms with Gasteiger partial charge in [0.2, 0.25) is 0 Å². The molecule has 0 aliphatic rings. The van der Waals surface area contributed by atoms with Crippen molar-refractivity contribution in [3.8, 4) is 17.1 Å². The summed E-state index contributed by atoms with van der Waals surface area (Å²) >= 11 is 0. The zero-order chi connectivity index (χ0) is 19.9. The van der Waals surface area contributed by atoms with E-state index in [4.69, 9.17) is 9.15 Å². The summed E-state index contributed by atoms with van der Waals surface area (Å²) in [6.45, 7) is 2.08. The third-order valence-electron chi connectivity index (χ3n) is 3.77. The van der Waals surface area contributed by atoms with Crippen LogP contribution in [-0.4, -0.2) is 29.8 Å². The lowest BCUT2D eigenvalue weighted by molar-refractivity contribution is 0.0526. The van der Waals surface area contributed by atoms with E-state index >= 15 is 0 Å². The molecule has 0 atom stereocenters. The van der Waals surface area contributed by atoms with E-state index in [1.54, 1.807) is 55.5 Å². The number of benzene rings is 2. The highest BCUT2D eigenvalue weighted by atomic mass is 16.5. The normalized spacial score (nSPS) is 10.8. The molecule has 142 valence electrons. The quantitative estimate of drug-likeness (QED) is 0.388. The summed E-state index contributed by atoms with van der Waals surface area (Å²) in [4.78, 5) is 23.6. The summed E-state index contributed by atoms with van der Waals surface area (Å²) < 4.78 is 10.6. The minimum absolute atomic E-state index is 0.00119. The zero-order valence-electron chi connectivity index (χ0n) is 15.1. The summed E-state index contributed by atoms with van der Waals surface area (Å²) in [5.74, 6) is 0.218. The van der Waals surface area contributed by atoms with Crippen LogP contribution in [0.1, 0.15) is 33.4 Å². The Morgan fingerprint density at radius 2 is 1.89 bits per heavy atom. The van der Waals surface area contributed by atoms with Crippen LogP contribution in [0.5, 0.6) is 5.75 Å². The molecule has 1 heterocycles. The first-order valence-electron chi connectivity index (χ1n) is 8.56. The molecular formula is C21H18N2O5. The van der Waals surface area contributed by atoms with E-state index in [1.807, 2.05) is 0 Å². The fraction of sp³-hybridized carbons (Fsp3) is 0.0952. The van der Waals surface area contributed by atoms with Crippen molar-refractivity contribution in [2.24, 2.45) is 5.10 Å². The fourth-order valence-corrected chi connectivity index (χ4v) is 2.43. The van der Waals surface area contributed by atoms with E-state index in [9.17, 15) is 14.7 Å². The highest BCUT2D eigenvalue weighted by molar-refractivity contribution is 5.95. The largest absolute Gasteiger partial charge is 0.508 e. The maximum atomic E-state index is 11.9. The molecule has 2 aromatic carbocycles. The number of rotatable bonds is 6. The summed E-state index contributed by atoms with van der Waals surface area (Å²) in [6.07, 6.45) is 1.37. The molecule has 0 aliphatic carbocycles. The SMILES string of the molecule is CCOC(=O)c1ccc(-c2ccc(/C=N\NC(=O)c3cccc(O)c3)o2)cc1. The van der Waals surface area contributed by atoms with Gasteiger partial charge in [0.1, 0.15) is 17.3 Å². The molecule has 0 fully saturated rings. The third-order valence-corrected chi connectivity index (χ3v) is 3.77. The second kappa shape index (κ2) is 8.68. The Morgan fingerprint density at radius 1 is 1.11 bits per heavy atom. The molecule has 3 aromatic rings. The van der Waals surface area contributed by atoms with Crippen LogP contribution in [0.4, 0.5) is 0 Å². The molecule has 0 bridgehead atoms. The number of amides is 1. The minimum atomic E-state index is -0.450. The lowest BCUT2D eigenvalue weighted by atomic mass is 10.1. The van der Waals surface area contributed by atoms with Gasteiger partial charge in [0.15, 0.2) is 0 Å². The highest BCUT2D eigenvalue weighted by Gasteiger charge is 2.09. The van der Waals surface area contributed by atoms with Gasteiger partial charge in [0.05, 0.1) is 18.4 Å². The van der Waals surface area contributed by atoms with Crippen molar-refractivity contribution in [3.05, 3.63) is 77.6 Å². The summed E-state index contributed by atoms with van der Waals surface area (Å²) in [7, 11) is 0. The predicted molar refractivity (Wildman–Crippen MR) is 103 cm³/mol. The number of nitrogens with zero attached hydrogens (tertiary/aromatic N) is 1. The van der Waals surface area contributed by atoms with Crippen LogP contribution in [0.3, 0.4) is 0 Å². The van der Waals surface area contributed by atoms with Crippen LogP contribution in [0.2, 0.25) is 0 Å². The Morgan fingerprint density at radius 3 is 2.61 bits per heavy atom. The maximum absolute atomic E-state index is 11.9. The number of esters is 1. The second-order valence-electron chi connectivity index (χ2n) is 5.75. The number of ether oxygens (including phenoxy) is 1. The minimum Gasteiger partial charge on any atom is -0.508 e. The summed E-state index contributed by atoms with van der Waals surface area (Å²) in [5, 5.41) is 13.2. The standard InChI is InChI=1S/C21H18N2O5/c1-2-27-21(26)15-8-6-14(7-9-15)19-11-10-18(28-19)13-22-23-20(25)16-4-3-5-17(24)12-16/h3-13,24H,2H2,1H3,(H,23,25)/b22-13-. The molecule has 2 N–H and O–H groups in total. The molecule has 0 saturated carbocycles. The number of carbonyl (C=O) groups excluding carboxylic acids is 2. The number of nitrogens with one attached hydrogen (secondary N) is 1. The number of aromatic hydroxyl groups is 1. The number of carbonyl (C=O) groups is 2. The molecule has 3 rings (SSSR count). The molecular weight excluding hydrogens is 360 g/mol. The monoisotopic (exact) mass is 378 g/mol. The molecule has 7 nitrogen and oxygen atoms in total. The van der Waals surface area contributed by atoms with Crippen molar-refractivity contribution >= 4 is 18.1 Å². The van der Waals surface area contributed by atoms with E-state index in [2.05, 4.69) is 10.5 Å². The van der Waals surface area contributed by atoms with Crippen molar-refractivity contribution in [1.82, 2.24) is 5.43 Å². The van der Waals surface area contributed by atoms with E-state index in [-0.39, 0.29) is 11.7 Å². The molecule has 0 radical (unpaired) electrons. The Hall–Kier alpha value is -3.87. The summed E-state index contributed by atoms with van der Waals surface area (Å²) in [6, 6.07) is 16.3. The number of hydrazone groups is 1. The van der Waals surface area contributed by atoms with Crippen LogP contribution in [0, 0.1) is 0 Å². The average Bonchev–Trinajstić information content (AvgIpc) is 3.17. The third kappa shape index (κ3) is 4.64. The highest BCUT2D eigenvalue weighted by Crippen LogP contribution is 2.22. The van der Waals surface area contributed by atoms with Crippen LogP contribution in [0.15, 0.2) is 70.2 Å². The first-order chi connectivity index (χ1) is 13.6. The smallest absolute Gasteiger partial charge is 0.338 e. The first-order valence-corrected chi connectivity index (χ1v) is 8.56. The van der Waals surface area contributed by atoms with Gasteiger partial charge >= 0.3 is 5.97 Å². The Labute approximate surface area is 161 Å². The van der Waals surface area contributed by atoms with Crippen LogP contribution < -0.4 is 5.43 Å². The number of phenols is 1. The van der Waals surface area contributed by atoms with E-state index in [0.29, 0.717) is 29.3 Å². The first kappa shape index (κ1) is 18.9. The van der Waals surface area contributed by atoms with E-state index in [0.717, 1.165) is 5.56 Å². The molecule has 28 heavy (non-hydrogen) atoms. The van der Waals surface area contributed by atoms with Crippen molar-refractivity contribution in [3.63, 3.8) is 0 Å². The average molecular weight is 378 g/mol. The molecule has 0 unspecified atom stereocenters. The second-order valence-corrected chi connectivity index (χ2v) is 5.75. The predicted octanol–water partition coefficient (Wildman–Crippen LogP) is 3.59. The van der Waals surface area contributed by atoms with Gasteiger partial charge < -0.3 is 14.3 Å². The molecule has 0 spiro atoms. The van der Waals surface area contributed by atoms with Gasteiger partial charge in [-0.1, -0.05) is 18.2 Å². The number of hydrogen-bond acceptors (Lipinski definition) is 6.